The summed E-state index contributed by atoms with van der Waals surface area (Å²) in [5.41, 5.74) is 7.22. The third kappa shape index (κ3) is 2.73. The van der Waals surface area contributed by atoms with Crippen LogP contribution >= 0.6 is 0 Å². The fraction of sp³-hybridized carbons (Fsp3) is 0.786. The van der Waals surface area contributed by atoms with E-state index in [1.807, 2.05) is 0 Å². The first-order chi connectivity index (χ1) is 7.79. The Bertz CT molecular complexity index is 282. The van der Waals surface area contributed by atoms with Crippen LogP contribution in [0.15, 0.2) is 11.6 Å². The second-order valence-corrected chi connectivity index (χ2v) is 5.25. The summed E-state index contributed by atoms with van der Waals surface area (Å²) in [5, 5.41) is 0. The quantitative estimate of drug-likeness (QED) is 0.728. The fourth-order valence-corrected chi connectivity index (χ4v) is 2.96. The van der Waals surface area contributed by atoms with Crippen LogP contribution in [0.3, 0.4) is 0 Å². The van der Waals surface area contributed by atoms with Gasteiger partial charge >= 0.3 is 0 Å². The van der Waals surface area contributed by atoms with Gasteiger partial charge in [-0.1, -0.05) is 25.3 Å². The molecule has 1 fully saturated rings. The predicted octanol–water partition coefficient (Wildman–Crippen LogP) is 2.96. The summed E-state index contributed by atoms with van der Waals surface area (Å²) in [4.78, 5) is 12.4. The molecule has 0 aromatic heterocycles. The zero-order chi connectivity index (χ0) is 11.4. The van der Waals surface area contributed by atoms with Crippen LogP contribution in [0.25, 0.3) is 0 Å². The van der Waals surface area contributed by atoms with E-state index in [9.17, 15) is 4.79 Å². The van der Waals surface area contributed by atoms with E-state index in [0.29, 0.717) is 5.78 Å². The number of ketones is 1. The normalized spacial score (nSPS) is 31.7. The Balaban J connectivity index is 2.03. The summed E-state index contributed by atoms with van der Waals surface area (Å²) >= 11 is 0. The molecule has 0 bridgehead atoms. The molecule has 2 heteroatoms. The van der Waals surface area contributed by atoms with Crippen molar-refractivity contribution in [1.82, 2.24) is 0 Å². The molecule has 1 saturated carbocycles. The molecule has 0 heterocycles. The number of hydrogen-bond acceptors (Lipinski definition) is 2. The van der Waals surface area contributed by atoms with Gasteiger partial charge in [-0.15, -0.1) is 0 Å². The summed E-state index contributed by atoms with van der Waals surface area (Å²) in [7, 11) is 0. The highest BCUT2D eigenvalue weighted by Crippen LogP contribution is 2.28. The van der Waals surface area contributed by atoms with Gasteiger partial charge in [0.15, 0.2) is 5.78 Å². The molecule has 0 aromatic rings. The molecule has 2 nitrogen and oxygen atoms in total. The van der Waals surface area contributed by atoms with Crippen LogP contribution < -0.4 is 5.73 Å². The fourth-order valence-electron chi connectivity index (χ4n) is 2.96. The van der Waals surface area contributed by atoms with Crippen molar-refractivity contribution >= 4 is 5.78 Å². The standard InChI is InChI=1S/C14H23NO/c15-13-10-6-2-5-9-12(13)14(16)11-7-3-1-4-8-11/h7,12-13H,1-6,8-10,15H2. The highest BCUT2D eigenvalue weighted by molar-refractivity contribution is 5.97. The van der Waals surface area contributed by atoms with E-state index in [0.717, 1.165) is 31.3 Å². The number of rotatable bonds is 2. The van der Waals surface area contributed by atoms with Crippen molar-refractivity contribution in [2.75, 3.05) is 0 Å². The van der Waals surface area contributed by atoms with Crippen molar-refractivity contribution in [3.05, 3.63) is 11.6 Å². The summed E-state index contributed by atoms with van der Waals surface area (Å²) in [6, 6.07) is 0.109. The number of hydrogen-bond donors (Lipinski definition) is 1. The van der Waals surface area contributed by atoms with Crippen LogP contribution in [-0.4, -0.2) is 11.8 Å². The Morgan fingerprint density at radius 1 is 1.12 bits per heavy atom. The topological polar surface area (TPSA) is 43.1 Å². The van der Waals surface area contributed by atoms with Gasteiger partial charge in [0, 0.05) is 12.0 Å². The van der Waals surface area contributed by atoms with Crippen LogP contribution in [0.4, 0.5) is 0 Å². The van der Waals surface area contributed by atoms with E-state index in [1.54, 1.807) is 0 Å². The SMILES string of the molecule is NC1CCCCCC1C(=O)C1=CCCCC1. The Morgan fingerprint density at radius 3 is 2.69 bits per heavy atom. The summed E-state index contributed by atoms with van der Waals surface area (Å²) in [6.07, 6.45) is 12.3. The van der Waals surface area contributed by atoms with Gasteiger partial charge in [0.2, 0.25) is 0 Å². The Hall–Kier alpha value is -0.630. The molecule has 0 amide bonds. The highest BCUT2D eigenvalue weighted by Gasteiger charge is 2.29. The Labute approximate surface area is 98.3 Å². The number of carbonyl (C=O) groups is 1. The maximum absolute atomic E-state index is 12.4. The molecular formula is C14H23NO. The van der Waals surface area contributed by atoms with Gasteiger partial charge in [0.25, 0.3) is 0 Å². The molecule has 2 unspecified atom stereocenters. The molecule has 0 spiro atoms. The summed E-state index contributed by atoms with van der Waals surface area (Å²) < 4.78 is 0. The summed E-state index contributed by atoms with van der Waals surface area (Å²) in [5.74, 6) is 0.487. The molecule has 0 saturated heterocycles. The average molecular weight is 221 g/mol. The minimum absolute atomic E-state index is 0.109. The monoisotopic (exact) mass is 221 g/mol. The lowest BCUT2D eigenvalue weighted by molar-refractivity contribution is -0.120. The molecule has 16 heavy (non-hydrogen) atoms. The number of nitrogens with two attached hydrogens (primary N) is 1. The Kier molecular flexibility index (Phi) is 4.16. The van der Waals surface area contributed by atoms with Gasteiger partial charge in [-0.2, -0.15) is 0 Å². The van der Waals surface area contributed by atoms with Crippen molar-refractivity contribution in [3.63, 3.8) is 0 Å². The molecule has 2 atom stereocenters. The largest absolute Gasteiger partial charge is 0.327 e. The van der Waals surface area contributed by atoms with E-state index in [2.05, 4.69) is 6.08 Å². The minimum atomic E-state index is 0.109. The lowest BCUT2D eigenvalue weighted by atomic mass is 9.84. The highest BCUT2D eigenvalue weighted by atomic mass is 16.1. The van der Waals surface area contributed by atoms with Gasteiger partial charge < -0.3 is 5.73 Å². The van der Waals surface area contributed by atoms with E-state index < -0.39 is 0 Å². The van der Waals surface area contributed by atoms with E-state index in [1.165, 1.54) is 32.1 Å². The van der Waals surface area contributed by atoms with Gasteiger partial charge in [-0.25, -0.2) is 0 Å². The number of Topliss-reactive ketones (excluding diaryl/α,β-unsaturated/α-hetero) is 1. The Morgan fingerprint density at radius 2 is 1.94 bits per heavy atom. The smallest absolute Gasteiger partial charge is 0.163 e. The maximum Gasteiger partial charge on any atom is 0.163 e. The predicted molar refractivity (Wildman–Crippen MR) is 66.1 cm³/mol. The molecule has 2 aliphatic carbocycles. The zero-order valence-electron chi connectivity index (χ0n) is 10.1. The molecule has 0 radical (unpaired) electrons. The molecule has 2 aliphatic rings. The van der Waals surface area contributed by atoms with Crippen molar-refractivity contribution in [2.24, 2.45) is 11.7 Å². The third-order valence-electron chi connectivity index (χ3n) is 4.01. The molecule has 2 N–H and O–H groups in total. The molecule has 90 valence electrons. The molecule has 0 aromatic carbocycles. The van der Waals surface area contributed by atoms with Crippen molar-refractivity contribution in [3.8, 4) is 0 Å². The van der Waals surface area contributed by atoms with Crippen molar-refractivity contribution in [2.45, 2.75) is 63.8 Å². The van der Waals surface area contributed by atoms with Crippen LogP contribution in [0, 0.1) is 5.92 Å². The first-order valence-electron chi connectivity index (χ1n) is 6.78. The lowest BCUT2D eigenvalue weighted by Gasteiger charge is -2.22. The number of allylic oxidation sites excluding steroid dienone is 2. The minimum Gasteiger partial charge on any atom is -0.327 e. The van der Waals surface area contributed by atoms with Crippen molar-refractivity contribution in [1.29, 1.82) is 0 Å². The second-order valence-electron chi connectivity index (χ2n) is 5.25. The third-order valence-corrected chi connectivity index (χ3v) is 4.01. The summed E-state index contributed by atoms with van der Waals surface area (Å²) in [6.45, 7) is 0. The van der Waals surface area contributed by atoms with Crippen LogP contribution in [0.2, 0.25) is 0 Å². The second kappa shape index (κ2) is 5.62. The molecule has 2 rings (SSSR count). The van der Waals surface area contributed by atoms with E-state index in [-0.39, 0.29) is 12.0 Å². The van der Waals surface area contributed by atoms with Crippen LogP contribution in [-0.2, 0) is 4.79 Å². The first-order valence-corrected chi connectivity index (χ1v) is 6.78. The maximum atomic E-state index is 12.4. The lowest BCUT2D eigenvalue weighted by Crippen LogP contribution is -2.35. The van der Waals surface area contributed by atoms with Crippen LogP contribution in [0.1, 0.15) is 57.8 Å². The van der Waals surface area contributed by atoms with Crippen LogP contribution in [0.5, 0.6) is 0 Å². The van der Waals surface area contributed by atoms with Gasteiger partial charge in [-0.05, 0) is 44.1 Å². The van der Waals surface area contributed by atoms with E-state index in [4.69, 9.17) is 5.73 Å². The number of carbonyl (C=O) groups excluding carboxylic acids is 1. The first kappa shape index (κ1) is 11.8. The average Bonchev–Trinajstić information content (AvgIpc) is 2.54. The van der Waals surface area contributed by atoms with Gasteiger partial charge in [-0.3, -0.25) is 4.79 Å². The van der Waals surface area contributed by atoms with Crippen molar-refractivity contribution < 1.29 is 4.79 Å². The van der Waals surface area contributed by atoms with E-state index >= 15 is 0 Å². The molecular weight excluding hydrogens is 198 g/mol. The van der Waals surface area contributed by atoms with Gasteiger partial charge in [0.05, 0.1) is 0 Å². The molecule has 0 aliphatic heterocycles. The van der Waals surface area contributed by atoms with Gasteiger partial charge in [0.1, 0.15) is 0 Å². The zero-order valence-corrected chi connectivity index (χ0v) is 10.1.